The van der Waals surface area contributed by atoms with Crippen LogP contribution in [0.25, 0.3) is 5.69 Å². The fourth-order valence-corrected chi connectivity index (χ4v) is 1.60. The van der Waals surface area contributed by atoms with E-state index in [0.717, 1.165) is 12.1 Å². The van der Waals surface area contributed by atoms with Crippen molar-refractivity contribution in [2.24, 2.45) is 0 Å². The second kappa shape index (κ2) is 4.95. The van der Waals surface area contributed by atoms with Crippen molar-refractivity contribution < 1.29 is 31.5 Å². The lowest BCUT2D eigenvalue weighted by Crippen LogP contribution is -2.13. The van der Waals surface area contributed by atoms with Gasteiger partial charge in [0.15, 0.2) is 5.69 Å². The second-order valence-corrected chi connectivity index (χ2v) is 3.98. The number of alkyl halides is 6. The predicted molar refractivity (Wildman–Crippen MR) is 59.0 cm³/mol. The van der Waals surface area contributed by atoms with Crippen molar-refractivity contribution in [2.45, 2.75) is 12.4 Å². The molecule has 1 heterocycles. The summed E-state index contributed by atoms with van der Waals surface area (Å²) in [6.45, 7) is 0. The molecular weight excluding hydrogens is 304 g/mol. The number of hydrogen-bond donors (Lipinski definition) is 2. The zero-order valence-electron chi connectivity index (χ0n) is 10.00. The Kier molecular flexibility index (Phi) is 3.58. The molecular formula is C11H7F6N3O. The van der Waals surface area contributed by atoms with E-state index in [0.29, 0.717) is 0 Å². The molecule has 0 unspecified atom stereocenters. The first kappa shape index (κ1) is 15.2. The van der Waals surface area contributed by atoms with Gasteiger partial charge in [-0.2, -0.15) is 31.4 Å². The van der Waals surface area contributed by atoms with Gasteiger partial charge in [0.1, 0.15) is 5.69 Å². The van der Waals surface area contributed by atoms with E-state index < -0.39 is 23.7 Å². The van der Waals surface area contributed by atoms with E-state index in [1.165, 1.54) is 12.1 Å². The summed E-state index contributed by atoms with van der Waals surface area (Å²) in [5, 5.41) is 11.6. The Hall–Kier alpha value is -2.23. The molecule has 2 rings (SSSR count). The van der Waals surface area contributed by atoms with Crippen LogP contribution in [0.5, 0.6) is 0 Å². The Morgan fingerprint density at radius 3 is 1.95 bits per heavy atom. The smallest absolute Gasteiger partial charge is 0.291 e. The molecule has 0 aliphatic rings. The molecule has 0 saturated heterocycles. The van der Waals surface area contributed by atoms with Crippen LogP contribution in [-0.4, -0.2) is 15.0 Å². The third-order valence-electron chi connectivity index (χ3n) is 2.53. The third-order valence-corrected chi connectivity index (χ3v) is 2.53. The first-order valence-corrected chi connectivity index (χ1v) is 5.38. The summed E-state index contributed by atoms with van der Waals surface area (Å²) < 4.78 is 76.1. The Morgan fingerprint density at radius 1 is 0.952 bits per heavy atom. The Labute approximate surface area is 113 Å². The number of hydrogen-bond acceptors (Lipinski definition) is 3. The molecule has 2 aromatic rings. The van der Waals surface area contributed by atoms with Crippen molar-refractivity contribution >= 4 is 5.69 Å². The van der Waals surface area contributed by atoms with E-state index in [1.54, 1.807) is 5.48 Å². The highest BCUT2D eigenvalue weighted by molar-refractivity contribution is 5.47. The fraction of sp³-hybridized carbons (Fsp3) is 0.182. The lowest BCUT2D eigenvalue weighted by atomic mass is 10.2. The van der Waals surface area contributed by atoms with Crippen molar-refractivity contribution in [1.29, 1.82) is 0 Å². The van der Waals surface area contributed by atoms with Crippen LogP contribution in [0.2, 0.25) is 0 Å². The van der Waals surface area contributed by atoms with Gasteiger partial charge in [-0.25, -0.2) is 4.68 Å². The molecule has 21 heavy (non-hydrogen) atoms. The summed E-state index contributed by atoms with van der Waals surface area (Å²) in [5.74, 6) is 0. The molecule has 0 aliphatic heterocycles. The van der Waals surface area contributed by atoms with Crippen molar-refractivity contribution in [2.75, 3.05) is 5.48 Å². The normalized spacial score (nSPS) is 12.5. The minimum atomic E-state index is -5.00. The highest BCUT2D eigenvalue weighted by Gasteiger charge is 2.42. The van der Waals surface area contributed by atoms with Gasteiger partial charge in [0, 0.05) is 6.07 Å². The summed E-state index contributed by atoms with van der Waals surface area (Å²) in [5.41, 5.74) is -1.50. The Balaban J connectivity index is 2.57. The number of benzene rings is 1. The van der Waals surface area contributed by atoms with Gasteiger partial charge in [-0.1, -0.05) is 0 Å². The average molecular weight is 311 g/mol. The molecule has 4 nitrogen and oxygen atoms in total. The summed E-state index contributed by atoms with van der Waals surface area (Å²) in [6.07, 6.45) is -9.98. The van der Waals surface area contributed by atoms with E-state index >= 15 is 0 Å². The fourth-order valence-electron chi connectivity index (χ4n) is 1.60. The zero-order chi connectivity index (χ0) is 15.8. The number of halogens is 6. The summed E-state index contributed by atoms with van der Waals surface area (Å²) in [6, 6.07) is 4.48. The van der Waals surface area contributed by atoms with Gasteiger partial charge in [0.05, 0.1) is 11.4 Å². The van der Waals surface area contributed by atoms with Crippen molar-refractivity contribution in [3.63, 3.8) is 0 Å². The molecule has 0 radical (unpaired) electrons. The summed E-state index contributed by atoms with van der Waals surface area (Å²) in [7, 11) is 0. The zero-order valence-corrected chi connectivity index (χ0v) is 10.00. The molecule has 1 aromatic carbocycles. The Bertz CT molecular complexity index is 629. The standard InChI is InChI=1S/C11H7F6N3O/c12-10(13,14)8-5-9(11(15,16)17)20(18-8)7-3-1-6(19-21)2-4-7/h1-5,19,21H. The molecule has 0 saturated carbocycles. The molecule has 0 bridgehead atoms. The monoisotopic (exact) mass is 311 g/mol. The van der Waals surface area contributed by atoms with Crippen LogP contribution in [-0.2, 0) is 12.4 Å². The van der Waals surface area contributed by atoms with Gasteiger partial charge in [0.2, 0.25) is 0 Å². The van der Waals surface area contributed by atoms with Crippen LogP contribution >= 0.6 is 0 Å². The molecule has 0 spiro atoms. The first-order chi connectivity index (χ1) is 9.63. The highest BCUT2D eigenvalue weighted by Crippen LogP contribution is 2.36. The van der Waals surface area contributed by atoms with Crippen LogP contribution in [0.4, 0.5) is 32.0 Å². The Morgan fingerprint density at radius 2 is 1.52 bits per heavy atom. The van der Waals surface area contributed by atoms with Gasteiger partial charge in [0.25, 0.3) is 0 Å². The van der Waals surface area contributed by atoms with Gasteiger partial charge in [-0.15, -0.1) is 0 Å². The molecule has 114 valence electrons. The lowest BCUT2D eigenvalue weighted by molar-refractivity contribution is -0.143. The largest absolute Gasteiger partial charge is 0.435 e. The van der Waals surface area contributed by atoms with Gasteiger partial charge in [-0.3, -0.25) is 10.7 Å². The van der Waals surface area contributed by atoms with E-state index in [2.05, 4.69) is 5.10 Å². The van der Waals surface area contributed by atoms with Gasteiger partial charge < -0.3 is 0 Å². The van der Waals surface area contributed by atoms with Crippen LogP contribution in [0.1, 0.15) is 11.4 Å². The number of anilines is 1. The molecule has 0 amide bonds. The molecule has 0 atom stereocenters. The van der Waals surface area contributed by atoms with E-state index in [1.807, 2.05) is 0 Å². The molecule has 0 fully saturated rings. The highest BCUT2D eigenvalue weighted by atomic mass is 19.4. The molecule has 0 aliphatic carbocycles. The van der Waals surface area contributed by atoms with Crippen LogP contribution in [0.3, 0.4) is 0 Å². The quantitative estimate of drug-likeness (QED) is 0.656. The van der Waals surface area contributed by atoms with Crippen LogP contribution in [0, 0.1) is 0 Å². The van der Waals surface area contributed by atoms with Crippen LogP contribution < -0.4 is 5.48 Å². The maximum Gasteiger partial charge on any atom is 0.435 e. The van der Waals surface area contributed by atoms with Crippen molar-refractivity contribution in [3.05, 3.63) is 41.7 Å². The maximum atomic E-state index is 12.8. The molecule has 2 N–H and O–H groups in total. The van der Waals surface area contributed by atoms with E-state index in [4.69, 9.17) is 5.21 Å². The van der Waals surface area contributed by atoms with Crippen LogP contribution in [0.15, 0.2) is 30.3 Å². The molecule has 1 aromatic heterocycles. The SMILES string of the molecule is ONc1ccc(-n2nc(C(F)(F)F)cc2C(F)(F)F)cc1. The predicted octanol–water partition coefficient (Wildman–Crippen LogP) is 3.71. The maximum absolute atomic E-state index is 12.8. The van der Waals surface area contributed by atoms with Gasteiger partial charge in [-0.05, 0) is 24.3 Å². The number of aromatic nitrogens is 2. The summed E-state index contributed by atoms with van der Waals surface area (Å²) >= 11 is 0. The van der Waals surface area contributed by atoms with E-state index in [9.17, 15) is 26.3 Å². The van der Waals surface area contributed by atoms with E-state index in [-0.39, 0.29) is 22.1 Å². The first-order valence-electron chi connectivity index (χ1n) is 5.38. The van der Waals surface area contributed by atoms with Crippen molar-refractivity contribution in [3.8, 4) is 5.69 Å². The van der Waals surface area contributed by atoms with Gasteiger partial charge >= 0.3 is 12.4 Å². The second-order valence-electron chi connectivity index (χ2n) is 3.98. The number of nitrogens with one attached hydrogen (secondary N) is 1. The topological polar surface area (TPSA) is 50.1 Å². The lowest BCUT2D eigenvalue weighted by Gasteiger charge is -2.10. The average Bonchev–Trinajstić information content (AvgIpc) is 2.83. The van der Waals surface area contributed by atoms with Crippen molar-refractivity contribution in [1.82, 2.24) is 9.78 Å². The minimum Gasteiger partial charge on any atom is -0.291 e. The number of rotatable bonds is 2. The minimum absolute atomic E-state index is 0.0573. The third kappa shape index (κ3) is 3.10. The number of nitrogens with zero attached hydrogens (tertiary/aromatic N) is 2. The summed E-state index contributed by atoms with van der Waals surface area (Å²) in [4.78, 5) is 0. The molecule has 10 heteroatoms.